The van der Waals surface area contributed by atoms with Crippen LogP contribution in [0.15, 0.2) is 48.5 Å². The Balaban J connectivity index is 2.24. The van der Waals surface area contributed by atoms with E-state index >= 15 is 0 Å². The summed E-state index contributed by atoms with van der Waals surface area (Å²) in [5, 5.41) is 3.28. The highest BCUT2D eigenvalue weighted by molar-refractivity contribution is 5.35. The Labute approximate surface area is 123 Å². The van der Waals surface area contributed by atoms with Gasteiger partial charge in [0.25, 0.3) is 0 Å². The molecule has 1 N–H and O–H groups in total. The second-order valence-electron chi connectivity index (χ2n) is 5.57. The van der Waals surface area contributed by atoms with E-state index in [0.717, 1.165) is 13.0 Å². The molecule has 0 fully saturated rings. The molecule has 0 aromatic heterocycles. The lowest BCUT2D eigenvalue weighted by Gasteiger charge is -2.20. The lowest BCUT2D eigenvalue weighted by atomic mass is 9.86. The number of benzene rings is 2. The van der Waals surface area contributed by atoms with Gasteiger partial charge in [-0.15, -0.1) is 0 Å². The van der Waals surface area contributed by atoms with Crippen LogP contribution in [0, 0.1) is 13.8 Å². The van der Waals surface area contributed by atoms with Crippen LogP contribution in [0.4, 0.5) is 0 Å². The Hall–Kier alpha value is -1.60. The van der Waals surface area contributed by atoms with Crippen molar-refractivity contribution in [2.24, 2.45) is 0 Å². The van der Waals surface area contributed by atoms with Crippen molar-refractivity contribution in [3.05, 3.63) is 70.8 Å². The number of rotatable bonds is 6. The van der Waals surface area contributed by atoms with Gasteiger partial charge in [0.2, 0.25) is 0 Å². The zero-order chi connectivity index (χ0) is 14.4. The van der Waals surface area contributed by atoms with Crippen molar-refractivity contribution in [1.82, 2.24) is 5.32 Å². The van der Waals surface area contributed by atoms with Crippen molar-refractivity contribution in [2.45, 2.75) is 32.6 Å². The minimum atomic E-state index is 0.587. The molecule has 0 radical (unpaired) electrons. The van der Waals surface area contributed by atoms with E-state index in [2.05, 4.69) is 67.7 Å². The molecule has 106 valence electrons. The van der Waals surface area contributed by atoms with Crippen molar-refractivity contribution in [3.8, 4) is 0 Å². The minimum Gasteiger partial charge on any atom is -0.320 e. The van der Waals surface area contributed by atoms with Crippen LogP contribution in [-0.4, -0.2) is 13.6 Å². The molecule has 1 unspecified atom stereocenters. The minimum absolute atomic E-state index is 0.587. The van der Waals surface area contributed by atoms with Gasteiger partial charge in [0.1, 0.15) is 0 Å². The summed E-state index contributed by atoms with van der Waals surface area (Å²) in [5.74, 6) is 0.587. The van der Waals surface area contributed by atoms with Gasteiger partial charge in [-0.2, -0.15) is 0 Å². The first-order valence-corrected chi connectivity index (χ1v) is 7.47. The normalized spacial score (nSPS) is 12.3. The second-order valence-corrected chi connectivity index (χ2v) is 5.57. The van der Waals surface area contributed by atoms with Gasteiger partial charge in [-0.05, 0) is 68.5 Å². The van der Waals surface area contributed by atoms with Crippen molar-refractivity contribution in [2.75, 3.05) is 13.6 Å². The maximum Gasteiger partial charge on any atom is -0.00460 e. The highest BCUT2D eigenvalue weighted by Gasteiger charge is 2.14. The van der Waals surface area contributed by atoms with Gasteiger partial charge in [-0.25, -0.2) is 0 Å². The van der Waals surface area contributed by atoms with Gasteiger partial charge in [0, 0.05) is 0 Å². The summed E-state index contributed by atoms with van der Waals surface area (Å²) in [4.78, 5) is 0. The lowest BCUT2D eigenvalue weighted by molar-refractivity contribution is 0.591. The van der Waals surface area contributed by atoms with Gasteiger partial charge < -0.3 is 5.32 Å². The first kappa shape index (κ1) is 14.8. The van der Waals surface area contributed by atoms with Crippen LogP contribution in [0.1, 0.15) is 34.6 Å². The molecule has 0 saturated heterocycles. The fourth-order valence-corrected chi connectivity index (χ4v) is 2.85. The van der Waals surface area contributed by atoms with Gasteiger partial charge >= 0.3 is 0 Å². The molecule has 1 heteroatoms. The molecule has 1 nitrogen and oxygen atoms in total. The molecular formula is C19H25N. The second kappa shape index (κ2) is 7.25. The topological polar surface area (TPSA) is 12.0 Å². The first-order valence-electron chi connectivity index (χ1n) is 7.47. The van der Waals surface area contributed by atoms with Gasteiger partial charge in [0.05, 0.1) is 0 Å². The molecule has 2 aromatic rings. The highest BCUT2D eigenvalue weighted by atomic mass is 14.8. The van der Waals surface area contributed by atoms with E-state index in [4.69, 9.17) is 0 Å². The van der Waals surface area contributed by atoms with Crippen LogP contribution in [0.3, 0.4) is 0 Å². The van der Waals surface area contributed by atoms with Crippen molar-refractivity contribution < 1.29 is 0 Å². The molecular weight excluding hydrogens is 242 g/mol. The predicted octanol–water partition coefficient (Wildman–Crippen LogP) is 4.24. The maximum absolute atomic E-state index is 3.28. The Morgan fingerprint density at radius 2 is 1.55 bits per heavy atom. The number of hydrogen-bond donors (Lipinski definition) is 1. The van der Waals surface area contributed by atoms with Crippen LogP contribution >= 0.6 is 0 Å². The monoisotopic (exact) mass is 267 g/mol. The summed E-state index contributed by atoms with van der Waals surface area (Å²) in [6, 6.07) is 17.5. The molecule has 0 saturated carbocycles. The predicted molar refractivity (Wildman–Crippen MR) is 87.3 cm³/mol. The van der Waals surface area contributed by atoms with Crippen LogP contribution in [0.25, 0.3) is 0 Å². The van der Waals surface area contributed by atoms with E-state index in [9.17, 15) is 0 Å². The average Bonchev–Trinajstić information content (AvgIpc) is 2.47. The third-order valence-corrected chi connectivity index (χ3v) is 4.11. The van der Waals surface area contributed by atoms with Crippen LogP contribution in [0.2, 0.25) is 0 Å². The third-order valence-electron chi connectivity index (χ3n) is 4.11. The van der Waals surface area contributed by atoms with Gasteiger partial charge in [-0.3, -0.25) is 0 Å². The average molecular weight is 267 g/mol. The molecule has 0 bridgehead atoms. The molecule has 0 aliphatic heterocycles. The summed E-state index contributed by atoms with van der Waals surface area (Å²) in [6.07, 6.45) is 2.30. The van der Waals surface area contributed by atoms with E-state index < -0.39 is 0 Å². The SMILES string of the molecule is CNCCC(Cc1c(C)cccc1C)c1ccccc1. The molecule has 1 atom stereocenters. The summed E-state index contributed by atoms with van der Waals surface area (Å²) < 4.78 is 0. The lowest BCUT2D eigenvalue weighted by Crippen LogP contribution is -2.14. The number of hydrogen-bond acceptors (Lipinski definition) is 1. The Morgan fingerprint density at radius 3 is 2.15 bits per heavy atom. The molecule has 2 rings (SSSR count). The van der Waals surface area contributed by atoms with E-state index in [1.807, 2.05) is 7.05 Å². The first-order chi connectivity index (χ1) is 9.72. The molecule has 20 heavy (non-hydrogen) atoms. The van der Waals surface area contributed by atoms with Crippen LogP contribution < -0.4 is 5.32 Å². The maximum atomic E-state index is 3.28. The van der Waals surface area contributed by atoms with Crippen molar-refractivity contribution in [1.29, 1.82) is 0 Å². The zero-order valence-corrected chi connectivity index (χ0v) is 12.8. The van der Waals surface area contributed by atoms with Crippen LogP contribution in [-0.2, 0) is 6.42 Å². The Kier molecular flexibility index (Phi) is 5.37. The number of aryl methyl sites for hydroxylation is 2. The van der Waals surface area contributed by atoms with Crippen molar-refractivity contribution in [3.63, 3.8) is 0 Å². The van der Waals surface area contributed by atoms with E-state index in [1.54, 1.807) is 0 Å². The highest BCUT2D eigenvalue weighted by Crippen LogP contribution is 2.27. The smallest absolute Gasteiger partial charge is 0.00460 e. The summed E-state index contributed by atoms with van der Waals surface area (Å²) in [6.45, 7) is 5.51. The molecule has 0 amide bonds. The summed E-state index contributed by atoms with van der Waals surface area (Å²) in [7, 11) is 2.03. The fourth-order valence-electron chi connectivity index (χ4n) is 2.85. The molecule has 2 aromatic carbocycles. The quantitative estimate of drug-likeness (QED) is 0.825. The Bertz CT molecular complexity index is 510. The van der Waals surface area contributed by atoms with Crippen LogP contribution in [0.5, 0.6) is 0 Å². The Morgan fingerprint density at radius 1 is 0.900 bits per heavy atom. The summed E-state index contributed by atoms with van der Waals surface area (Å²) >= 11 is 0. The van der Waals surface area contributed by atoms with Gasteiger partial charge in [0.15, 0.2) is 0 Å². The molecule has 0 aliphatic carbocycles. The zero-order valence-electron chi connectivity index (χ0n) is 12.8. The third kappa shape index (κ3) is 3.71. The molecule has 0 aliphatic rings. The largest absolute Gasteiger partial charge is 0.320 e. The molecule has 0 spiro atoms. The van der Waals surface area contributed by atoms with Crippen molar-refractivity contribution >= 4 is 0 Å². The van der Waals surface area contributed by atoms with Gasteiger partial charge in [-0.1, -0.05) is 48.5 Å². The number of nitrogens with one attached hydrogen (secondary N) is 1. The fraction of sp³-hybridized carbons (Fsp3) is 0.368. The summed E-state index contributed by atoms with van der Waals surface area (Å²) in [5.41, 5.74) is 5.79. The van der Waals surface area contributed by atoms with E-state index in [-0.39, 0.29) is 0 Å². The standard InChI is InChI=1S/C19H25N/c1-15-8-7-9-16(2)19(15)14-18(12-13-20-3)17-10-5-4-6-11-17/h4-11,18,20H,12-14H2,1-3H3. The van der Waals surface area contributed by atoms with E-state index in [0.29, 0.717) is 5.92 Å². The molecule has 0 heterocycles. The van der Waals surface area contributed by atoms with E-state index in [1.165, 1.54) is 28.7 Å².